The summed E-state index contributed by atoms with van der Waals surface area (Å²) in [5.41, 5.74) is 15.2. The molecule has 0 aliphatic rings. The summed E-state index contributed by atoms with van der Waals surface area (Å²) < 4.78 is 5.03. The number of ether oxygens (including phenoxy) is 1. The zero-order chi connectivity index (χ0) is 31.0. The van der Waals surface area contributed by atoms with Gasteiger partial charge < -0.3 is 26.4 Å². The molecule has 0 spiro atoms. The number of aliphatic hydroxyl groups excluding tert-OH is 1. The number of benzene rings is 3. The summed E-state index contributed by atoms with van der Waals surface area (Å²) in [6.45, 7) is 6.23. The number of aliphatic carboxylic acids is 1. The van der Waals surface area contributed by atoms with Crippen molar-refractivity contribution in [2.24, 2.45) is 17.4 Å². The maximum absolute atomic E-state index is 11.6. The Balaban J connectivity index is 0.000000692. The van der Waals surface area contributed by atoms with Gasteiger partial charge in [-0.15, -0.1) is 0 Å². The van der Waals surface area contributed by atoms with Gasteiger partial charge >= 0.3 is 11.9 Å². The highest BCUT2D eigenvalue weighted by Crippen LogP contribution is 2.20. The molecule has 0 saturated carbocycles. The molecule has 2 unspecified atom stereocenters. The minimum Gasteiger partial charge on any atom is -0.481 e. The fraction of sp³-hybridized carbons (Fsp3) is 0.364. The molecule has 41 heavy (non-hydrogen) atoms. The van der Waals surface area contributed by atoms with Crippen LogP contribution in [0, 0.1) is 5.92 Å². The van der Waals surface area contributed by atoms with Crippen LogP contribution < -0.4 is 11.5 Å². The van der Waals surface area contributed by atoms with Crippen molar-refractivity contribution < 1.29 is 29.3 Å². The van der Waals surface area contributed by atoms with Crippen LogP contribution in [-0.4, -0.2) is 41.8 Å². The third-order valence-electron chi connectivity index (χ3n) is 5.76. The number of carboxylic acids is 1. The van der Waals surface area contributed by atoms with E-state index in [1.54, 1.807) is 0 Å². The van der Waals surface area contributed by atoms with Gasteiger partial charge in [-0.2, -0.15) is 0 Å². The first-order valence-electron chi connectivity index (χ1n) is 13.7. The molecular weight excluding hydrogens is 520 g/mol. The van der Waals surface area contributed by atoms with Crippen LogP contribution in [0.1, 0.15) is 63.6 Å². The Bertz CT molecular complexity index is 1090. The van der Waals surface area contributed by atoms with Gasteiger partial charge in [0.05, 0.1) is 18.9 Å². The number of primary amides is 1. The first-order valence-corrected chi connectivity index (χ1v) is 13.7. The Morgan fingerprint density at radius 3 is 1.73 bits per heavy atom. The van der Waals surface area contributed by atoms with Gasteiger partial charge in [0.1, 0.15) is 0 Å². The molecule has 0 saturated heterocycles. The van der Waals surface area contributed by atoms with Crippen LogP contribution in [0.15, 0.2) is 84.9 Å². The Labute approximate surface area is 244 Å². The third-order valence-corrected chi connectivity index (χ3v) is 5.76. The van der Waals surface area contributed by atoms with E-state index in [4.69, 9.17) is 20.7 Å². The summed E-state index contributed by atoms with van der Waals surface area (Å²) in [5, 5.41) is 15.0. The molecule has 3 rings (SSSR count). The molecule has 0 heterocycles. The summed E-state index contributed by atoms with van der Waals surface area (Å²) >= 11 is 0. The molecule has 8 heteroatoms. The van der Waals surface area contributed by atoms with Crippen LogP contribution in [-0.2, 0) is 25.5 Å². The number of hydrogen-bond acceptors (Lipinski definition) is 6. The second-order valence-electron chi connectivity index (χ2n) is 9.17. The van der Waals surface area contributed by atoms with Crippen molar-refractivity contribution in [3.05, 3.63) is 96.1 Å². The summed E-state index contributed by atoms with van der Waals surface area (Å²) in [6.07, 6.45) is 2.63. The highest BCUT2D eigenvalue weighted by molar-refractivity contribution is 5.79. The lowest BCUT2D eigenvalue weighted by atomic mass is 9.99. The lowest BCUT2D eigenvalue weighted by Gasteiger charge is -2.10. The van der Waals surface area contributed by atoms with Crippen LogP contribution in [0.2, 0.25) is 0 Å². The number of aliphatic hydroxyl groups is 1. The average Bonchev–Trinajstić information content (AvgIpc) is 2.99. The maximum atomic E-state index is 11.6. The van der Waals surface area contributed by atoms with Gasteiger partial charge in [0.2, 0.25) is 5.91 Å². The van der Waals surface area contributed by atoms with Gasteiger partial charge in [0.25, 0.3) is 0 Å². The van der Waals surface area contributed by atoms with Crippen molar-refractivity contribution in [1.82, 2.24) is 0 Å². The van der Waals surface area contributed by atoms with Gasteiger partial charge in [-0.25, -0.2) is 0 Å². The first kappa shape index (κ1) is 37.0. The number of hydrogen-bond donors (Lipinski definition) is 4. The Morgan fingerprint density at radius 1 is 0.805 bits per heavy atom. The molecule has 3 aromatic rings. The van der Waals surface area contributed by atoms with Gasteiger partial charge in [-0.1, -0.05) is 91.9 Å². The molecule has 0 aliphatic heterocycles. The predicted octanol–water partition coefficient (Wildman–Crippen LogP) is 5.53. The fourth-order valence-electron chi connectivity index (χ4n) is 3.50. The van der Waals surface area contributed by atoms with Crippen LogP contribution in [0.3, 0.4) is 0 Å². The zero-order valence-corrected chi connectivity index (χ0v) is 24.7. The predicted molar refractivity (Wildman–Crippen MR) is 164 cm³/mol. The molecule has 1 amide bonds. The Kier molecular flexibility index (Phi) is 20.5. The van der Waals surface area contributed by atoms with Crippen molar-refractivity contribution in [3.63, 3.8) is 0 Å². The minimum atomic E-state index is -0.996. The number of nitrogens with two attached hydrogens (primary N) is 2. The van der Waals surface area contributed by atoms with Gasteiger partial charge in [0, 0.05) is 19.6 Å². The van der Waals surface area contributed by atoms with Crippen LogP contribution >= 0.6 is 0 Å². The SMILES string of the molecule is CC(N)c1ccccc1.CCOC(=O)C(C)CCCc1ccc(-c2ccccc2)cc1.CO.NC(=O)CCC(=O)O. The van der Waals surface area contributed by atoms with Crippen molar-refractivity contribution >= 4 is 17.8 Å². The molecule has 0 bridgehead atoms. The van der Waals surface area contributed by atoms with Gasteiger partial charge in [-0.3, -0.25) is 14.4 Å². The third kappa shape index (κ3) is 18.1. The normalized spacial score (nSPS) is 11.1. The second-order valence-corrected chi connectivity index (χ2v) is 9.17. The van der Waals surface area contributed by atoms with E-state index in [-0.39, 0.29) is 30.8 Å². The number of esters is 1. The van der Waals surface area contributed by atoms with E-state index in [1.165, 1.54) is 22.3 Å². The number of carbonyl (C=O) groups is 3. The summed E-state index contributed by atoms with van der Waals surface area (Å²) in [6, 6.07) is 29.3. The number of carbonyl (C=O) groups excluding carboxylic acids is 2. The van der Waals surface area contributed by atoms with Crippen molar-refractivity contribution in [2.75, 3.05) is 13.7 Å². The topological polar surface area (TPSA) is 153 Å². The molecule has 0 radical (unpaired) electrons. The Hall–Kier alpha value is -4.01. The van der Waals surface area contributed by atoms with E-state index < -0.39 is 11.9 Å². The maximum Gasteiger partial charge on any atom is 0.308 e. The fourth-order valence-corrected chi connectivity index (χ4v) is 3.50. The molecule has 8 nitrogen and oxygen atoms in total. The summed E-state index contributed by atoms with van der Waals surface area (Å²) in [7, 11) is 1.00. The van der Waals surface area contributed by atoms with E-state index in [0.29, 0.717) is 6.61 Å². The van der Waals surface area contributed by atoms with Crippen LogP contribution in [0.25, 0.3) is 11.1 Å². The van der Waals surface area contributed by atoms with Crippen LogP contribution in [0.5, 0.6) is 0 Å². The lowest BCUT2D eigenvalue weighted by Crippen LogP contribution is -2.14. The van der Waals surface area contributed by atoms with Gasteiger partial charge in [0.15, 0.2) is 0 Å². The standard InChI is InChI=1S/C20H24O2.C8H11N.C4H7NO3.CH4O/c1-3-22-20(21)16(2)8-7-9-17-12-14-19(15-13-17)18-10-5-4-6-11-18;1-7(9)8-5-3-2-4-6-8;5-3(6)1-2-4(7)8;1-2/h4-6,10-16H,3,7-9H2,1-2H3;2-7H,9H2,1H3;1-2H2,(H2,5,6)(H,7,8);2H,1H3. The molecular formula is C33H46N2O6. The van der Waals surface area contributed by atoms with Crippen molar-refractivity contribution in [1.29, 1.82) is 0 Å². The number of amides is 1. The van der Waals surface area contributed by atoms with Crippen molar-refractivity contribution in [2.45, 2.75) is 58.9 Å². The highest BCUT2D eigenvalue weighted by Gasteiger charge is 2.13. The van der Waals surface area contributed by atoms with Gasteiger partial charge in [-0.05, 0) is 55.4 Å². The quantitative estimate of drug-likeness (QED) is 0.223. The highest BCUT2D eigenvalue weighted by atomic mass is 16.5. The molecule has 6 N–H and O–H groups in total. The first-order chi connectivity index (χ1) is 19.6. The Morgan fingerprint density at radius 2 is 1.32 bits per heavy atom. The van der Waals surface area contributed by atoms with Crippen LogP contribution in [0.4, 0.5) is 0 Å². The monoisotopic (exact) mass is 566 g/mol. The summed E-state index contributed by atoms with van der Waals surface area (Å²) in [4.78, 5) is 31.1. The number of carboxylic acid groups (broad SMARTS) is 1. The number of aryl methyl sites for hydroxylation is 1. The zero-order valence-electron chi connectivity index (χ0n) is 24.7. The minimum absolute atomic E-state index is 0.0106. The molecule has 0 fully saturated rings. The smallest absolute Gasteiger partial charge is 0.308 e. The summed E-state index contributed by atoms with van der Waals surface area (Å²) in [5.74, 6) is -1.67. The second kappa shape index (κ2) is 22.8. The average molecular weight is 567 g/mol. The van der Waals surface area contributed by atoms with E-state index >= 15 is 0 Å². The van der Waals surface area contributed by atoms with E-state index in [2.05, 4.69) is 54.3 Å². The molecule has 0 aromatic heterocycles. The lowest BCUT2D eigenvalue weighted by molar-refractivity contribution is -0.147. The molecule has 224 valence electrons. The van der Waals surface area contributed by atoms with Crippen molar-refractivity contribution in [3.8, 4) is 11.1 Å². The number of rotatable bonds is 11. The van der Waals surface area contributed by atoms with E-state index in [1.807, 2.05) is 57.2 Å². The largest absolute Gasteiger partial charge is 0.481 e. The van der Waals surface area contributed by atoms with E-state index in [9.17, 15) is 14.4 Å². The van der Waals surface area contributed by atoms with E-state index in [0.717, 1.165) is 26.4 Å². The molecule has 0 aliphatic carbocycles. The molecule has 2 atom stereocenters. The molecule has 3 aromatic carbocycles.